The van der Waals surface area contributed by atoms with Gasteiger partial charge in [0.2, 0.25) is 0 Å². The van der Waals surface area contributed by atoms with Crippen molar-refractivity contribution in [2.24, 2.45) is 4.48 Å². The molecule has 0 aromatic heterocycles. The molecule has 0 heterocycles. The van der Waals surface area contributed by atoms with Gasteiger partial charge < -0.3 is 0 Å². The molecule has 0 amide bonds. The molecule has 36 valence electrons. The van der Waals surface area contributed by atoms with Crippen LogP contribution in [0.5, 0.6) is 0 Å². The first-order valence-electron chi connectivity index (χ1n) is 0.605. The zero-order chi connectivity index (χ0) is 4.50. The van der Waals surface area contributed by atoms with E-state index < -0.39 is 9.13 Å². The van der Waals surface area contributed by atoms with Crippen molar-refractivity contribution in [2.45, 2.75) is 0 Å². The minimum absolute atomic E-state index is 1.92. The van der Waals surface area contributed by atoms with Crippen LogP contribution < -0.4 is 4.48 Å². The maximum absolute atomic E-state index is 5.27. The van der Waals surface area contributed by atoms with E-state index in [4.69, 9.17) is 4.48 Å². The molecule has 5 heteroatoms. The van der Waals surface area contributed by atoms with E-state index in [9.17, 15) is 0 Å². The summed E-state index contributed by atoms with van der Waals surface area (Å²) in [6, 6.07) is 0. The molecular weight excluding hydrogens is 355 g/mol. The summed E-state index contributed by atoms with van der Waals surface area (Å²) in [5.74, 6) is 0. The first-order chi connectivity index (χ1) is 2.00. The average Bonchev–Trinajstić information content (AvgIpc) is 0.722. The van der Waals surface area contributed by atoms with Gasteiger partial charge >= 0.3 is 54.5 Å². The summed E-state index contributed by atoms with van der Waals surface area (Å²) in [5.41, 5.74) is 0. The van der Waals surface area contributed by atoms with Crippen molar-refractivity contribution in [3.63, 3.8) is 0 Å². The maximum atomic E-state index is 5.27. The van der Waals surface area contributed by atoms with Crippen LogP contribution in [-0.2, 0) is 9.13 Å². The zero-order valence-electron chi connectivity index (χ0n) is 2.06. The second-order valence-corrected chi connectivity index (χ2v) is 31.3. The van der Waals surface area contributed by atoms with Gasteiger partial charge in [0.1, 0.15) is 0 Å². The van der Waals surface area contributed by atoms with Crippen molar-refractivity contribution in [1.29, 1.82) is 0 Å². The fraction of sp³-hybridized carbons (Fsp3) is 0. The van der Waals surface area contributed by atoms with Crippen LogP contribution in [0.2, 0.25) is 0 Å². The summed E-state index contributed by atoms with van der Waals surface area (Å²) in [4.78, 5) is 0. The second kappa shape index (κ2) is 2.36. The van der Waals surface area contributed by atoms with E-state index in [1.807, 2.05) is 0 Å². The van der Waals surface area contributed by atoms with Crippen LogP contribution in [0.1, 0.15) is 0 Å². The molecule has 0 saturated heterocycles. The average molecular weight is 357 g/mol. The Morgan fingerprint density at radius 2 is 1.20 bits per heavy atom. The Hall–Kier alpha value is 2.02. The van der Waals surface area contributed by atoms with Gasteiger partial charge in [-0.15, -0.1) is 0 Å². The fourth-order valence-corrected chi connectivity index (χ4v) is 0. The Kier molecular flexibility index (Phi) is 3.32. The van der Waals surface area contributed by atoms with E-state index in [1.54, 1.807) is 0 Å². The van der Waals surface area contributed by atoms with Gasteiger partial charge in [0, 0.05) is 0 Å². The van der Waals surface area contributed by atoms with E-state index in [-0.39, 0.29) is 0 Å². The Bertz CT molecular complexity index is 22.4. The van der Waals surface area contributed by atoms with Gasteiger partial charge in [-0.25, -0.2) is 0 Å². The second-order valence-electron chi connectivity index (χ2n) is 0.383. The summed E-state index contributed by atoms with van der Waals surface area (Å²) in [6.07, 6.45) is 0. The Labute approximate surface area is 53.8 Å². The van der Waals surface area contributed by atoms with Crippen LogP contribution in [0, 0.1) is 0 Å². The normalized spacial score (nSPS) is 15.2. The molecule has 0 radical (unpaired) electrons. The van der Waals surface area contributed by atoms with E-state index >= 15 is 0 Å². The summed E-state index contributed by atoms with van der Waals surface area (Å²) in [6.45, 7) is 0. The third-order valence-electron chi connectivity index (χ3n) is 0. The van der Waals surface area contributed by atoms with Crippen molar-refractivity contribution in [3.8, 4) is 0 Å². The van der Waals surface area contributed by atoms with Crippen LogP contribution in [0.3, 0.4) is 0 Å². The first-order valence-corrected chi connectivity index (χ1v) is 13.5. The molecule has 2 N–H and O–H groups in total. The van der Waals surface area contributed by atoms with Crippen molar-refractivity contribution < 1.29 is 9.13 Å². The molecule has 0 aromatic carbocycles. The summed E-state index contributed by atoms with van der Waals surface area (Å²) < 4.78 is 5.27. The standard InChI is InChI=1S/3BrH.H2N.Ru/h3*1H;1H2;/q;;;-1;+4/p-3. The predicted molar refractivity (Wildman–Crippen MR) is 31.0 cm³/mol. The molecule has 0 aliphatic heterocycles. The van der Waals surface area contributed by atoms with Gasteiger partial charge in [-0.1, -0.05) is 0 Å². The molecule has 0 rings (SSSR count). The number of nitrogens with two attached hydrogens (primary N) is 1. The summed E-state index contributed by atoms with van der Waals surface area (Å²) in [5, 5.41) is 0. The fourth-order valence-electron chi connectivity index (χ4n) is 0. The van der Waals surface area contributed by atoms with Crippen LogP contribution in [0.15, 0.2) is 0 Å². The van der Waals surface area contributed by atoms with E-state index in [1.165, 1.54) is 0 Å². The number of rotatable bonds is 0. The van der Waals surface area contributed by atoms with E-state index in [0.29, 0.717) is 0 Å². The number of hydrogen-bond acceptors (Lipinski definition) is 1. The van der Waals surface area contributed by atoms with Crippen LogP contribution >= 0.6 is 40.9 Å². The van der Waals surface area contributed by atoms with Crippen LogP contribution in [-0.4, -0.2) is 0 Å². The van der Waals surface area contributed by atoms with Crippen molar-refractivity contribution >= 4 is 40.9 Å². The Morgan fingerprint density at radius 3 is 1.20 bits per heavy atom. The quantitative estimate of drug-likeness (QED) is 0.660. The van der Waals surface area contributed by atoms with Crippen LogP contribution in [0.4, 0.5) is 0 Å². The molecule has 0 aliphatic rings. The monoisotopic (exact) mass is 355 g/mol. The molecule has 1 nitrogen and oxygen atoms in total. The Morgan fingerprint density at radius 1 is 1.20 bits per heavy atom. The molecule has 5 heavy (non-hydrogen) atoms. The minimum atomic E-state index is -1.92. The molecule has 0 fully saturated rings. The first kappa shape index (κ1) is 7.02. The molecule has 0 unspecified atom stereocenters. The van der Waals surface area contributed by atoms with Crippen molar-refractivity contribution in [2.75, 3.05) is 0 Å². The molecule has 0 saturated carbocycles. The van der Waals surface area contributed by atoms with Crippen molar-refractivity contribution in [3.05, 3.63) is 0 Å². The third kappa shape index (κ3) is 23.8. The van der Waals surface area contributed by atoms with Gasteiger partial charge in [0.25, 0.3) is 0 Å². The summed E-state index contributed by atoms with van der Waals surface area (Å²) >= 11 is 9.47. The van der Waals surface area contributed by atoms with Crippen LogP contribution in [0.25, 0.3) is 0 Å². The van der Waals surface area contributed by atoms with Gasteiger partial charge in [0.05, 0.1) is 0 Å². The zero-order valence-corrected chi connectivity index (χ0v) is 8.56. The topological polar surface area (TPSA) is 26.0 Å². The van der Waals surface area contributed by atoms with Gasteiger partial charge in [-0.2, -0.15) is 0 Å². The molecule has 0 atom stereocenters. The molecule has 0 aliphatic carbocycles. The SMILES string of the molecule is [NH2][Ru]([Br])([Br])[Br]. The Balaban J connectivity index is 3.02. The van der Waals surface area contributed by atoms with Gasteiger partial charge in [-0.05, 0) is 0 Å². The summed E-state index contributed by atoms with van der Waals surface area (Å²) in [7, 11) is -1.92. The number of halogens is 3. The van der Waals surface area contributed by atoms with Crippen molar-refractivity contribution in [1.82, 2.24) is 0 Å². The molecular formula is H2Br3NRu. The molecule has 0 spiro atoms. The number of hydrogen-bond donors (Lipinski definition) is 1. The molecule has 0 aromatic rings. The van der Waals surface area contributed by atoms with Gasteiger partial charge in [0.15, 0.2) is 0 Å². The predicted octanol–water partition coefficient (Wildman–Crippen LogP) is 1.94. The third-order valence-corrected chi connectivity index (χ3v) is 0. The van der Waals surface area contributed by atoms with E-state index in [0.717, 1.165) is 0 Å². The van der Waals surface area contributed by atoms with E-state index in [2.05, 4.69) is 40.9 Å². The van der Waals surface area contributed by atoms with Gasteiger partial charge in [-0.3, -0.25) is 0 Å². The molecule has 0 bridgehead atoms.